The quantitative estimate of drug-likeness (QED) is 0.506. The van der Waals surface area contributed by atoms with Gasteiger partial charge in [0.15, 0.2) is 0 Å². The van der Waals surface area contributed by atoms with Crippen LogP contribution in [-0.2, 0) is 9.53 Å². The Morgan fingerprint density at radius 1 is 1.10 bits per heavy atom. The normalized spacial score (nSPS) is 20.5. The van der Waals surface area contributed by atoms with Crippen LogP contribution in [0.3, 0.4) is 0 Å². The highest BCUT2D eigenvalue weighted by molar-refractivity contribution is 5.75. The summed E-state index contributed by atoms with van der Waals surface area (Å²) in [6, 6.07) is 16.1. The smallest absolute Gasteiger partial charge is 0.309 e. The van der Waals surface area contributed by atoms with Crippen molar-refractivity contribution in [2.24, 2.45) is 5.92 Å². The average molecular weight is 423 g/mol. The first kappa shape index (κ1) is 21.0. The molecule has 3 aromatic rings. The lowest BCUT2D eigenvalue weighted by Crippen LogP contribution is -2.36. The molecule has 0 radical (unpaired) electrons. The van der Waals surface area contributed by atoms with Gasteiger partial charge in [0.05, 0.1) is 32.1 Å². The molecule has 1 fully saturated rings. The molecule has 162 valence electrons. The summed E-state index contributed by atoms with van der Waals surface area (Å²) < 4.78 is 29.9. The van der Waals surface area contributed by atoms with Crippen LogP contribution in [0.25, 0.3) is 11.3 Å². The fourth-order valence-electron chi connectivity index (χ4n) is 4.71. The molecule has 0 aliphatic heterocycles. The predicted octanol–water partition coefficient (Wildman–Crippen LogP) is 5.27. The number of anilines is 1. The summed E-state index contributed by atoms with van der Waals surface area (Å²) in [4.78, 5) is 14.7. The summed E-state index contributed by atoms with van der Waals surface area (Å²) in [5.74, 6) is 0.552. The van der Waals surface area contributed by atoms with Crippen molar-refractivity contribution >= 4 is 11.7 Å². The third-order valence-corrected chi connectivity index (χ3v) is 6.24. The molecule has 5 nitrogen and oxygen atoms in total. The number of methoxy groups -OCH3 is 2. The van der Waals surface area contributed by atoms with Gasteiger partial charge in [-0.3, -0.25) is 4.79 Å². The van der Waals surface area contributed by atoms with Gasteiger partial charge in [0.1, 0.15) is 17.3 Å². The van der Waals surface area contributed by atoms with E-state index in [0.29, 0.717) is 6.42 Å². The van der Waals surface area contributed by atoms with Crippen LogP contribution in [0.4, 0.5) is 10.1 Å². The first-order chi connectivity index (χ1) is 15.0. The minimum absolute atomic E-state index is 0.00955. The zero-order valence-corrected chi connectivity index (χ0v) is 17.9. The van der Waals surface area contributed by atoms with Gasteiger partial charge in [-0.1, -0.05) is 12.1 Å². The molecule has 0 bridgehead atoms. The number of nitrogens with zero attached hydrogens (tertiary/aromatic N) is 1. The Bertz CT molecular complexity index is 1030. The molecular formula is C25H26FNO4. The number of ether oxygens (including phenoxy) is 2. The van der Waals surface area contributed by atoms with Gasteiger partial charge in [-0.25, -0.2) is 4.39 Å². The summed E-state index contributed by atoms with van der Waals surface area (Å²) >= 11 is 0. The lowest BCUT2D eigenvalue weighted by atomic mass is 9.85. The fraction of sp³-hybridized carbons (Fsp3) is 0.320. The van der Waals surface area contributed by atoms with Crippen LogP contribution in [0, 0.1) is 11.7 Å². The summed E-state index contributed by atoms with van der Waals surface area (Å²) in [5, 5.41) is 0. The maximum absolute atomic E-state index is 13.6. The van der Waals surface area contributed by atoms with Crippen molar-refractivity contribution in [3.63, 3.8) is 0 Å². The molecule has 1 aliphatic rings. The van der Waals surface area contributed by atoms with Gasteiger partial charge >= 0.3 is 5.97 Å². The maximum atomic E-state index is 13.6. The molecule has 4 rings (SSSR count). The van der Waals surface area contributed by atoms with Crippen molar-refractivity contribution in [1.82, 2.24) is 0 Å². The van der Waals surface area contributed by atoms with E-state index in [9.17, 15) is 9.18 Å². The van der Waals surface area contributed by atoms with Gasteiger partial charge in [-0.05, 0) is 60.9 Å². The summed E-state index contributed by atoms with van der Waals surface area (Å²) in [7, 11) is 5.06. The second-order valence-corrected chi connectivity index (χ2v) is 7.83. The number of likely N-dealkylation sites (N-methyl/N-ethyl adjacent to an activating group) is 1. The highest BCUT2D eigenvalue weighted by Gasteiger charge is 2.44. The number of rotatable bonds is 6. The number of hydrogen-bond donors (Lipinski definition) is 0. The molecule has 0 N–H and O–H groups in total. The fourth-order valence-corrected chi connectivity index (χ4v) is 4.71. The molecule has 1 saturated carbocycles. The Kier molecular flexibility index (Phi) is 5.98. The monoisotopic (exact) mass is 423 g/mol. The van der Waals surface area contributed by atoms with Crippen molar-refractivity contribution in [1.29, 1.82) is 0 Å². The molecule has 6 heteroatoms. The Balaban J connectivity index is 1.74. The van der Waals surface area contributed by atoms with Gasteiger partial charge in [-0.15, -0.1) is 0 Å². The van der Waals surface area contributed by atoms with Gasteiger partial charge < -0.3 is 18.8 Å². The second kappa shape index (κ2) is 8.84. The van der Waals surface area contributed by atoms with Crippen molar-refractivity contribution in [2.75, 3.05) is 26.2 Å². The van der Waals surface area contributed by atoms with Crippen LogP contribution in [-0.4, -0.2) is 33.3 Å². The minimum Gasteiger partial charge on any atom is -0.495 e. The number of furan rings is 1. The van der Waals surface area contributed by atoms with E-state index in [1.54, 1.807) is 25.5 Å². The minimum atomic E-state index is -0.297. The SMILES string of the molecule is COC(=O)C1CCC(N(C)c2cc(-c3ccco3)ccc2OC)C1c1ccc(F)cc1. The molecule has 0 amide bonds. The topological polar surface area (TPSA) is 51.9 Å². The van der Waals surface area contributed by atoms with E-state index >= 15 is 0 Å². The lowest BCUT2D eigenvalue weighted by Gasteiger charge is -2.34. The number of carbonyl (C=O) groups is 1. The van der Waals surface area contributed by atoms with Gasteiger partial charge in [-0.2, -0.15) is 0 Å². The molecule has 1 aliphatic carbocycles. The van der Waals surface area contributed by atoms with Crippen LogP contribution >= 0.6 is 0 Å². The van der Waals surface area contributed by atoms with Crippen LogP contribution in [0.5, 0.6) is 5.75 Å². The highest BCUT2D eigenvalue weighted by atomic mass is 19.1. The molecule has 31 heavy (non-hydrogen) atoms. The zero-order chi connectivity index (χ0) is 22.0. The molecule has 2 aromatic carbocycles. The zero-order valence-electron chi connectivity index (χ0n) is 17.9. The Labute approximate surface area is 181 Å². The number of carbonyl (C=O) groups excluding carboxylic acids is 1. The Morgan fingerprint density at radius 2 is 1.87 bits per heavy atom. The molecule has 0 saturated heterocycles. The molecule has 1 aromatic heterocycles. The summed E-state index contributed by atoms with van der Waals surface area (Å²) in [6.07, 6.45) is 3.14. The average Bonchev–Trinajstić information content (AvgIpc) is 3.48. The Morgan fingerprint density at radius 3 is 2.52 bits per heavy atom. The van der Waals surface area contributed by atoms with Crippen molar-refractivity contribution in [3.05, 3.63) is 72.2 Å². The first-order valence-electron chi connectivity index (χ1n) is 10.3. The van der Waals surface area contributed by atoms with E-state index in [1.165, 1.54) is 19.2 Å². The van der Waals surface area contributed by atoms with Crippen LogP contribution < -0.4 is 9.64 Å². The van der Waals surface area contributed by atoms with E-state index in [0.717, 1.165) is 34.7 Å². The standard InChI is InChI=1S/C25H26FNO4/c1-27(21-15-17(8-13-23(21)29-2)22-5-4-14-31-22)20-12-11-19(25(28)30-3)24(20)16-6-9-18(26)10-7-16/h4-10,13-15,19-20,24H,11-12H2,1-3H3. The van der Waals surface area contributed by atoms with Crippen LogP contribution in [0.2, 0.25) is 0 Å². The number of halogens is 1. The van der Waals surface area contributed by atoms with E-state index < -0.39 is 0 Å². The lowest BCUT2D eigenvalue weighted by molar-refractivity contribution is -0.145. The van der Waals surface area contributed by atoms with Crippen molar-refractivity contribution in [2.45, 2.75) is 24.8 Å². The predicted molar refractivity (Wildman–Crippen MR) is 117 cm³/mol. The maximum Gasteiger partial charge on any atom is 0.309 e. The highest BCUT2D eigenvalue weighted by Crippen LogP contribution is 2.46. The second-order valence-electron chi connectivity index (χ2n) is 7.83. The number of hydrogen-bond acceptors (Lipinski definition) is 5. The third kappa shape index (κ3) is 4.02. The molecular weight excluding hydrogens is 397 g/mol. The van der Waals surface area contributed by atoms with E-state index in [-0.39, 0.29) is 29.7 Å². The number of benzene rings is 2. The summed E-state index contributed by atoms with van der Waals surface area (Å²) in [6.45, 7) is 0. The van der Waals surface area contributed by atoms with Gasteiger partial charge in [0.2, 0.25) is 0 Å². The van der Waals surface area contributed by atoms with Crippen LogP contribution in [0.1, 0.15) is 24.3 Å². The van der Waals surface area contributed by atoms with Gasteiger partial charge in [0, 0.05) is 24.6 Å². The van der Waals surface area contributed by atoms with Crippen LogP contribution in [0.15, 0.2) is 65.3 Å². The first-order valence-corrected chi connectivity index (χ1v) is 10.3. The molecule has 1 heterocycles. The molecule has 0 spiro atoms. The number of esters is 1. The van der Waals surface area contributed by atoms with E-state index in [2.05, 4.69) is 4.90 Å². The van der Waals surface area contributed by atoms with Gasteiger partial charge in [0.25, 0.3) is 0 Å². The van der Waals surface area contributed by atoms with Crippen molar-refractivity contribution in [3.8, 4) is 17.1 Å². The van der Waals surface area contributed by atoms with E-state index in [1.807, 2.05) is 37.4 Å². The summed E-state index contributed by atoms with van der Waals surface area (Å²) in [5.41, 5.74) is 2.76. The molecule has 3 atom stereocenters. The Hall–Kier alpha value is -3.28. The third-order valence-electron chi connectivity index (χ3n) is 6.24. The molecule has 3 unspecified atom stereocenters. The van der Waals surface area contributed by atoms with E-state index in [4.69, 9.17) is 13.9 Å². The van der Waals surface area contributed by atoms with Crippen molar-refractivity contribution < 1.29 is 23.1 Å². The largest absolute Gasteiger partial charge is 0.495 e.